The molecule has 4 nitrogen and oxygen atoms in total. The van der Waals surface area contributed by atoms with E-state index >= 15 is 0 Å². The number of para-hydroxylation sites is 1. The molecule has 0 aliphatic carbocycles. The molecule has 1 aromatic carbocycles. The summed E-state index contributed by atoms with van der Waals surface area (Å²) in [6.45, 7) is 0.0297. The fourth-order valence-electron chi connectivity index (χ4n) is 1.49. The molecule has 18 heavy (non-hydrogen) atoms. The molecule has 6 heteroatoms. The second kappa shape index (κ2) is 5.42. The van der Waals surface area contributed by atoms with Crippen LogP contribution in [-0.2, 0) is 11.3 Å². The van der Waals surface area contributed by atoms with Crippen LogP contribution >= 0.6 is 23.2 Å². The van der Waals surface area contributed by atoms with Crippen molar-refractivity contribution in [2.24, 2.45) is 0 Å². The molecular formula is C12H9Cl2NO3. The van der Waals surface area contributed by atoms with E-state index in [0.29, 0.717) is 11.1 Å². The first-order chi connectivity index (χ1) is 8.58. The number of halogens is 2. The van der Waals surface area contributed by atoms with Crippen LogP contribution in [0.5, 0.6) is 0 Å². The average molecular weight is 286 g/mol. The number of rotatable bonds is 3. The predicted octanol–water partition coefficient (Wildman–Crippen LogP) is 2.21. The maximum Gasteiger partial charge on any atom is 0.341 e. The van der Waals surface area contributed by atoms with Gasteiger partial charge in [-0.25, -0.2) is 4.79 Å². The Labute approximate surface area is 112 Å². The second-order valence-corrected chi connectivity index (χ2v) is 4.71. The summed E-state index contributed by atoms with van der Waals surface area (Å²) in [5, 5.41) is 3.23. The van der Waals surface area contributed by atoms with Crippen molar-refractivity contribution in [3.05, 3.63) is 46.3 Å². The fourth-order valence-corrected chi connectivity index (χ4v) is 1.64. The normalized spacial score (nSPS) is 10.8. The first-order valence-electron chi connectivity index (χ1n) is 5.15. The summed E-state index contributed by atoms with van der Waals surface area (Å²) in [6.07, 6.45) is 0. The molecule has 0 aliphatic heterocycles. The molecule has 0 fully saturated rings. The molecule has 0 unspecified atom stereocenters. The van der Waals surface area contributed by atoms with E-state index < -0.39 is 16.4 Å². The molecule has 1 heterocycles. The lowest BCUT2D eigenvalue weighted by Crippen LogP contribution is -2.29. The average Bonchev–Trinajstić information content (AvgIpc) is 2.35. The van der Waals surface area contributed by atoms with Crippen molar-refractivity contribution in [1.29, 1.82) is 0 Å². The van der Waals surface area contributed by atoms with E-state index in [0.717, 1.165) is 5.39 Å². The molecule has 1 N–H and O–H groups in total. The SMILES string of the molecule is O=C(NCc1cc2ccccc2oc1=O)C(Cl)Cl. The maximum absolute atomic E-state index is 11.6. The van der Waals surface area contributed by atoms with Gasteiger partial charge in [-0.05, 0) is 12.1 Å². The minimum absolute atomic E-state index is 0.0297. The van der Waals surface area contributed by atoms with E-state index in [1.165, 1.54) is 0 Å². The van der Waals surface area contributed by atoms with Crippen LogP contribution in [0, 0.1) is 0 Å². The highest BCUT2D eigenvalue weighted by Gasteiger charge is 2.12. The molecule has 0 saturated carbocycles. The number of nitrogens with one attached hydrogen (secondary N) is 1. The van der Waals surface area contributed by atoms with Gasteiger partial charge in [0.25, 0.3) is 5.91 Å². The molecule has 0 radical (unpaired) electrons. The molecule has 94 valence electrons. The third-order valence-electron chi connectivity index (χ3n) is 2.36. The first-order valence-corrected chi connectivity index (χ1v) is 6.03. The number of hydrogen-bond donors (Lipinski definition) is 1. The van der Waals surface area contributed by atoms with Gasteiger partial charge < -0.3 is 9.73 Å². The Morgan fingerprint density at radius 2 is 2.06 bits per heavy atom. The minimum Gasteiger partial charge on any atom is -0.422 e. The number of fused-ring (bicyclic) bond motifs is 1. The molecular weight excluding hydrogens is 277 g/mol. The van der Waals surface area contributed by atoms with E-state index in [2.05, 4.69) is 5.32 Å². The highest BCUT2D eigenvalue weighted by Crippen LogP contribution is 2.12. The molecule has 2 aromatic rings. The summed E-state index contributed by atoms with van der Waals surface area (Å²) in [5.41, 5.74) is 0.357. The second-order valence-electron chi connectivity index (χ2n) is 3.62. The van der Waals surface area contributed by atoms with Gasteiger partial charge in [-0.2, -0.15) is 0 Å². The van der Waals surface area contributed by atoms with Gasteiger partial charge in [0, 0.05) is 5.39 Å². The van der Waals surface area contributed by atoms with Gasteiger partial charge in [0.15, 0.2) is 4.84 Å². The Bertz CT molecular complexity index is 637. The predicted molar refractivity (Wildman–Crippen MR) is 69.8 cm³/mol. The van der Waals surface area contributed by atoms with Crippen LogP contribution in [0.15, 0.2) is 39.5 Å². The van der Waals surface area contributed by atoms with Gasteiger partial charge in [0.05, 0.1) is 12.1 Å². The molecule has 0 aliphatic rings. The summed E-state index contributed by atoms with van der Waals surface area (Å²) in [7, 11) is 0. The van der Waals surface area contributed by atoms with Crippen molar-refractivity contribution in [2.75, 3.05) is 0 Å². The number of carbonyl (C=O) groups excluding carboxylic acids is 1. The summed E-state index contributed by atoms with van der Waals surface area (Å²) in [6, 6.07) is 8.79. The Hall–Kier alpha value is -1.52. The third-order valence-corrected chi connectivity index (χ3v) is 2.76. The summed E-state index contributed by atoms with van der Waals surface area (Å²) in [5.74, 6) is -0.550. The van der Waals surface area contributed by atoms with Crippen LogP contribution in [-0.4, -0.2) is 10.7 Å². The molecule has 0 saturated heterocycles. The smallest absolute Gasteiger partial charge is 0.341 e. The number of carbonyl (C=O) groups is 1. The maximum atomic E-state index is 11.6. The van der Waals surface area contributed by atoms with Gasteiger partial charge in [0.1, 0.15) is 5.58 Å². The van der Waals surface area contributed by atoms with Crippen LogP contribution in [0.25, 0.3) is 11.0 Å². The van der Waals surface area contributed by atoms with E-state index in [1.54, 1.807) is 18.2 Å². The lowest BCUT2D eigenvalue weighted by atomic mass is 10.2. The summed E-state index contributed by atoms with van der Waals surface area (Å²) in [4.78, 5) is 21.7. The lowest BCUT2D eigenvalue weighted by Gasteiger charge is -2.05. The molecule has 1 aromatic heterocycles. The van der Waals surface area contributed by atoms with E-state index in [-0.39, 0.29) is 6.54 Å². The van der Waals surface area contributed by atoms with E-state index in [1.807, 2.05) is 12.1 Å². The molecule has 0 atom stereocenters. The molecule has 0 bridgehead atoms. The van der Waals surface area contributed by atoms with Gasteiger partial charge in [-0.15, -0.1) is 0 Å². The Kier molecular flexibility index (Phi) is 3.89. The quantitative estimate of drug-likeness (QED) is 0.695. The van der Waals surface area contributed by atoms with Crippen molar-refractivity contribution >= 4 is 40.1 Å². The number of benzene rings is 1. The number of amides is 1. The number of hydrogen-bond acceptors (Lipinski definition) is 3. The Morgan fingerprint density at radius 1 is 1.33 bits per heavy atom. The van der Waals surface area contributed by atoms with E-state index in [4.69, 9.17) is 27.6 Å². The van der Waals surface area contributed by atoms with Gasteiger partial charge in [-0.3, -0.25) is 4.79 Å². The first kappa shape index (κ1) is 12.9. The largest absolute Gasteiger partial charge is 0.422 e. The van der Waals surface area contributed by atoms with Crippen LogP contribution in [0.3, 0.4) is 0 Å². The standard InChI is InChI=1S/C12H9Cl2NO3/c13-10(14)11(16)15-6-8-5-7-3-1-2-4-9(7)18-12(8)17/h1-5,10H,6H2,(H,15,16). The Balaban J connectivity index is 2.26. The third kappa shape index (κ3) is 2.83. The number of alkyl halides is 2. The minimum atomic E-state index is -1.16. The molecule has 1 amide bonds. The summed E-state index contributed by atoms with van der Waals surface area (Å²) < 4.78 is 5.11. The Morgan fingerprint density at radius 3 is 2.78 bits per heavy atom. The van der Waals surface area contributed by atoms with Crippen LogP contribution in [0.4, 0.5) is 0 Å². The van der Waals surface area contributed by atoms with Gasteiger partial charge in [-0.1, -0.05) is 41.4 Å². The van der Waals surface area contributed by atoms with Crippen molar-refractivity contribution in [3.8, 4) is 0 Å². The molecule has 0 spiro atoms. The molecule has 2 rings (SSSR count). The topological polar surface area (TPSA) is 59.3 Å². The lowest BCUT2D eigenvalue weighted by molar-refractivity contribution is -0.119. The zero-order valence-corrected chi connectivity index (χ0v) is 10.7. The van der Waals surface area contributed by atoms with Crippen molar-refractivity contribution in [1.82, 2.24) is 5.32 Å². The van der Waals surface area contributed by atoms with Crippen LogP contribution in [0.2, 0.25) is 0 Å². The van der Waals surface area contributed by atoms with Crippen LogP contribution in [0.1, 0.15) is 5.56 Å². The fraction of sp³-hybridized carbons (Fsp3) is 0.167. The van der Waals surface area contributed by atoms with Gasteiger partial charge >= 0.3 is 5.63 Å². The van der Waals surface area contributed by atoms with Gasteiger partial charge in [0.2, 0.25) is 0 Å². The summed E-state index contributed by atoms with van der Waals surface area (Å²) >= 11 is 10.8. The highest BCUT2D eigenvalue weighted by molar-refractivity contribution is 6.53. The monoisotopic (exact) mass is 285 g/mol. The van der Waals surface area contributed by atoms with Crippen molar-refractivity contribution < 1.29 is 9.21 Å². The zero-order chi connectivity index (χ0) is 13.1. The van der Waals surface area contributed by atoms with Crippen molar-refractivity contribution in [2.45, 2.75) is 11.4 Å². The van der Waals surface area contributed by atoms with E-state index in [9.17, 15) is 9.59 Å². The van der Waals surface area contributed by atoms with Crippen molar-refractivity contribution in [3.63, 3.8) is 0 Å². The van der Waals surface area contributed by atoms with Crippen LogP contribution < -0.4 is 10.9 Å². The highest BCUT2D eigenvalue weighted by atomic mass is 35.5. The zero-order valence-electron chi connectivity index (χ0n) is 9.15.